The molecule has 0 radical (unpaired) electrons. The fourth-order valence-electron chi connectivity index (χ4n) is 3.80. The van der Waals surface area contributed by atoms with Gasteiger partial charge in [0.2, 0.25) is 11.8 Å². The Bertz CT molecular complexity index is 1470. The summed E-state index contributed by atoms with van der Waals surface area (Å²) < 4.78 is 33.8. The molecule has 1 atom stereocenters. The number of methoxy groups -OCH3 is 1. The Morgan fingerprint density at radius 2 is 1.64 bits per heavy atom. The van der Waals surface area contributed by atoms with Gasteiger partial charge in [-0.15, -0.1) is 0 Å². The summed E-state index contributed by atoms with van der Waals surface area (Å²) in [5.74, 6) is -0.736. The summed E-state index contributed by atoms with van der Waals surface area (Å²) in [4.78, 5) is 27.7. The van der Waals surface area contributed by atoms with Crippen molar-refractivity contribution in [3.63, 3.8) is 0 Å². The number of anilines is 1. The highest BCUT2D eigenvalue weighted by molar-refractivity contribution is 7.92. The number of hydrogen-bond donors (Lipinski definition) is 1. The van der Waals surface area contributed by atoms with Crippen LogP contribution in [-0.2, 0) is 26.2 Å². The summed E-state index contributed by atoms with van der Waals surface area (Å²) in [5.41, 5.74) is 1.55. The Hall–Kier alpha value is -2.98. The molecule has 0 fully saturated rings. The Morgan fingerprint density at radius 1 is 0.974 bits per heavy atom. The molecule has 3 aromatic rings. The van der Waals surface area contributed by atoms with E-state index in [4.69, 9.17) is 39.5 Å². The van der Waals surface area contributed by atoms with Gasteiger partial charge in [0.1, 0.15) is 18.3 Å². The maximum Gasteiger partial charge on any atom is 0.264 e. The number of amides is 2. The van der Waals surface area contributed by atoms with Crippen molar-refractivity contribution in [1.82, 2.24) is 10.2 Å². The van der Waals surface area contributed by atoms with E-state index < -0.39 is 34.4 Å². The average molecular weight is 613 g/mol. The van der Waals surface area contributed by atoms with Crippen LogP contribution in [0.5, 0.6) is 5.75 Å². The molecule has 208 valence electrons. The van der Waals surface area contributed by atoms with Gasteiger partial charge in [0.15, 0.2) is 0 Å². The highest BCUT2D eigenvalue weighted by atomic mass is 35.5. The van der Waals surface area contributed by atoms with Crippen molar-refractivity contribution in [3.8, 4) is 5.75 Å². The first-order valence-corrected chi connectivity index (χ1v) is 14.3. The maximum atomic E-state index is 13.8. The van der Waals surface area contributed by atoms with Crippen LogP contribution >= 0.6 is 34.8 Å². The van der Waals surface area contributed by atoms with Crippen molar-refractivity contribution in [2.45, 2.75) is 31.3 Å². The number of nitrogens with zero attached hydrogens (tertiary/aromatic N) is 2. The smallest absolute Gasteiger partial charge is 0.264 e. The first kappa shape index (κ1) is 30.6. The lowest BCUT2D eigenvalue weighted by atomic mass is 10.1. The van der Waals surface area contributed by atoms with Gasteiger partial charge >= 0.3 is 0 Å². The number of benzene rings is 3. The lowest BCUT2D eigenvalue weighted by molar-refractivity contribution is -0.139. The van der Waals surface area contributed by atoms with E-state index in [0.717, 1.165) is 9.87 Å². The van der Waals surface area contributed by atoms with Gasteiger partial charge in [0, 0.05) is 23.6 Å². The van der Waals surface area contributed by atoms with Gasteiger partial charge in [-0.05, 0) is 61.9 Å². The average Bonchev–Trinajstić information content (AvgIpc) is 2.90. The molecule has 12 heteroatoms. The van der Waals surface area contributed by atoms with E-state index in [1.807, 2.05) is 6.92 Å². The molecule has 0 heterocycles. The van der Waals surface area contributed by atoms with E-state index in [0.29, 0.717) is 21.4 Å². The zero-order valence-electron chi connectivity index (χ0n) is 21.7. The summed E-state index contributed by atoms with van der Waals surface area (Å²) in [6.07, 6.45) is 0. The Balaban J connectivity index is 2.08. The third kappa shape index (κ3) is 7.16. The predicted octanol–water partition coefficient (Wildman–Crippen LogP) is 5.32. The van der Waals surface area contributed by atoms with E-state index in [1.54, 1.807) is 31.2 Å². The zero-order chi connectivity index (χ0) is 28.9. The first-order chi connectivity index (χ1) is 18.4. The van der Waals surface area contributed by atoms with Crippen molar-refractivity contribution in [1.29, 1.82) is 0 Å². The molecule has 8 nitrogen and oxygen atoms in total. The first-order valence-electron chi connectivity index (χ1n) is 11.8. The minimum absolute atomic E-state index is 0.0144. The normalized spacial score (nSPS) is 12.0. The second kappa shape index (κ2) is 12.9. The molecule has 1 N–H and O–H groups in total. The van der Waals surface area contributed by atoms with Crippen molar-refractivity contribution in [2.24, 2.45) is 0 Å². The van der Waals surface area contributed by atoms with E-state index in [9.17, 15) is 18.0 Å². The van der Waals surface area contributed by atoms with Gasteiger partial charge in [-0.2, -0.15) is 0 Å². The summed E-state index contributed by atoms with van der Waals surface area (Å²) >= 11 is 18.7. The van der Waals surface area contributed by atoms with Gasteiger partial charge in [0.05, 0.1) is 22.7 Å². The lowest BCUT2D eigenvalue weighted by Crippen LogP contribution is -2.50. The molecule has 0 aliphatic heterocycles. The van der Waals surface area contributed by atoms with E-state index in [2.05, 4.69) is 5.32 Å². The molecule has 0 saturated carbocycles. The van der Waals surface area contributed by atoms with Crippen molar-refractivity contribution in [2.75, 3.05) is 25.0 Å². The van der Waals surface area contributed by atoms with Crippen LogP contribution in [0.15, 0.2) is 65.6 Å². The molecule has 0 aliphatic carbocycles. The predicted molar refractivity (Wildman–Crippen MR) is 154 cm³/mol. The minimum atomic E-state index is -4.23. The fourth-order valence-corrected chi connectivity index (χ4v) is 5.93. The number of carbonyl (C=O) groups is 2. The lowest BCUT2D eigenvalue weighted by Gasteiger charge is -2.32. The number of aryl methyl sites for hydroxylation is 1. The van der Waals surface area contributed by atoms with Crippen LogP contribution in [0.3, 0.4) is 0 Å². The van der Waals surface area contributed by atoms with Crippen LogP contribution in [0, 0.1) is 6.92 Å². The van der Waals surface area contributed by atoms with E-state index >= 15 is 0 Å². The molecule has 0 saturated heterocycles. The maximum absolute atomic E-state index is 13.8. The third-order valence-electron chi connectivity index (χ3n) is 6.08. The van der Waals surface area contributed by atoms with Gasteiger partial charge in [-0.25, -0.2) is 8.42 Å². The zero-order valence-corrected chi connectivity index (χ0v) is 24.8. The largest absolute Gasteiger partial charge is 0.495 e. The van der Waals surface area contributed by atoms with Crippen molar-refractivity contribution >= 4 is 62.3 Å². The van der Waals surface area contributed by atoms with Crippen LogP contribution in [0.2, 0.25) is 15.1 Å². The number of nitrogens with one attached hydrogen (secondary N) is 1. The number of likely N-dealkylation sites (N-methyl/N-ethyl adjacent to an activating group) is 1. The van der Waals surface area contributed by atoms with Gasteiger partial charge in [0.25, 0.3) is 10.0 Å². The molecule has 39 heavy (non-hydrogen) atoms. The second-order valence-electron chi connectivity index (χ2n) is 8.69. The number of halogens is 3. The number of ether oxygens (including phenoxy) is 1. The molecule has 0 spiro atoms. The molecular weight excluding hydrogens is 585 g/mol. The molecular formula is C27H28Cl3N3O5S. The van der Waals surface area contributed by atoms with E-state index in [-0.39, 0.29) is 22.2 Å². The van der Waals surface area contributed by atoms with Crippen molar-refractivity contribution < 1.29 is 22.7 Å². The summed E-state index contributed by atoms with van der Waals surface area (Å²) in [7, 11) is -1.35. The summed E-state index contributed by atoms with van der Waals surface area (Å²) in [6, 6.07) is 14.5. The van der Waals surface area contributed by atoms with Crippen molar-refractivity contribution in [3.05, 3.63) is 86.9 Å². The number of carbonyl (C=O) groups excluding carboxylic acids is 2. The topological polar surface area (TPSA) is 96.0 Å². The highest BCUT2D eigenvalue weighted by Gasteiger charge is 2.33. The summed E-state index contributed by atoms with van der Waals surface area (Å²) in [6.45, 7) is 2.70. The molecule has 3 rings (SSSR count). The Labute approximate surface area is 243 Å². The van der Waals surface area contributed by atoms with Crippen LogP contribution in [0.25, 0.3) is 0 Å². The van der Waals surface area contributed by atoms with Crippen LogP contribution < -0.4 is 14.4 Å². The molecule has 0 aliphatic rings. The quantitative estimate of drug-likeness (QED) is 0.334. The van der Waals surface area contributed by atoms with Gasteiger partial charge in [-0.3, -0.25) is 13.9 Å². The summed E-state index contributed by atoms with van der Waals surface area (Å²) in [5, 5.41) is 3.40. The minimum Gasteiger partial charge on any atom is -0.495 e. The fraction of sp³-hybridized carbons (Fsp3) is 0.259. The second-order valence-corrected chi connectivity index (χ2v) is 11.8. The SMILES string of the molecule is CNC(=O)[C@@H](C)N(Cc1ccc(Cl)cc1Cl)C(=O)CN(c1ccc(OC)c(Cl)c1)S(=O)(=O)c1ccc(C)cc1. The number of sulfonamides is 1. The molecule has 3 aromatic carbocycles. The van der Waals surface area contributed by atoms with Crippen LogP contribution in [0.1, 0.15) is 18.1 Å². The molecule has 0 unspecified atom stereocenters. The Morgan fingerprint density at radius 3 is 2.21 bits per heavy atom. The number of rotatable bonds is 10. The third-order valence-corrected chi connectivity index (χ3v) is 8.75. The Kier molecular flexibility index (Phi) is 10.1. The standard InChI is InChI=1S/C27H28Cl3N3O5S/c1-17-5-10-22(11-6-17)39(36,37)33(21-9-12-25(38-4)24(30)14-21)16-26(34)32(18(2)27(35)31-3)15-19-7-8-20(28)13-23(19)29/h5-14,18H,15-16H2,1-4H3,(H,31,35)/t18-/m1/s1. The molecule has 0 aromatic heterocycles. The number of hydrogen-bond acceptors (Lipinski definition) is 5. The van der Waals surface area contributed by atoms with Crippen LogP contribution in [0.4, 0.5) is 5.69 Å². The monoisotopic (exact) mass is 611 g/mol. The molecule has 2 amide bonds. The van der Waals surface area contributed by atoms with E-state index in [1.165, 1.54) is 55.5 Å². The molecule has 0 bridgehead atoms. The van der Waals surface area contributed by atoms with Gasteiger partial charge < -0.3 is 15.0 Å². The van der Waals surface area contributed by atoms with Crippen LogP contribution in [-0.4, -0.2) is 51.9 Å². The van der Waals surface area contributed by atoms with Gasteiger partial charge in [-0.1, -0.05) is 58.6 Å². The highest BCUT2D eigenvalue weighted by Crippen LogP contribution is 2.32.